The van der Waals surface area contributed by atoms with E-state index in [9.17, 15) is 0 Å². The number of para-hydroxylation sites is 6. The van der Waals surface area contributed by atoms with E-state index in [0.717, 1.165) is 102 Å². The van der Waals surface area contributed by atoms with E-state index in [-0.39, 0.29) is 23.0 Å². The van der Waals surface area contributed by atoms with E-state index >= 15 is 0 Å². The Morgan fingerprint density at radius 2 is 0.543 bits per heavy atom. The summed E-state index contributed by atoms with van der Waals surface area (Å²) < 4.78 is 22.3. The van der Waals surface area contributed by atoms with Crippen LogP contribution in [0.3, 0.4) is 0 Å². The van der Waals surface area contributed by atoms with Crippen LogP contribution in [-0.4, -0.2) is 6.71 Å². The molecule has 6 nitrogen and oxygen atoms in total. The molecule has 70 heavy (non-hydrogen) atoms. The lowest BCUT2D eigenvalue weighted by Crippen LogP contribution is -2.60. The maximum atomic E-state index is 7.73. The minimum atomic E-state index is -0.324. The van der Waals surface area contributed by atoms with Crippen molar-refractivity contribution in [2.75, 3.05) is 14.7 Å². The molecule has 0 aliphatic carbocycles. The topological polar surface area (TPSA) is 37.4 Å². The fraction of sp³-hybridized carbons (Fsp3) is 0.143. The van der Waals surface area contributed by atoms with Crippen LogP contribution in [0.5, 0.6) is 34.5 Å². The molecule has 0 N–H and O–H groups in total. The normalized spacial score (nSPS) is 16.7. The van der Waals surface area contributed by atoms with E-state index < -0.39 is 0 Å². The summed E-state index contributed by atoms with van der Waals surface area (Å²) in [6.45, 7) is 13.9. The third-order valence-corrected chi connectivity index (χ3v) is 16.5. The van der Waals surface area contributed by atoms with Crippen molar-refractivity contribution in [1.29, 1.82) is 0 Å². The molecule has 0 fully saturated rings. The second kappa shape index (κ2) is 13.5. The predicted molar refractivity (Wildman–Crippen MR) is 285 cm³/mol. The van der Waals surface area contributed by atoms with Crippen LogP contribution in [0.2, 0.25) is 0 Å². The summed E-state index contributed by atoms with van der Waals surface area (Å²) in [6.07, 6.45) is 0. The molecule has 0 saturated heterocycles. The number of ether oxygens (including phenoxy) is 3. The molecule has 0 atom stereocenters. The first-order chi connectivity index (χ1) is 34.0. The lowest BCUT2D eigenvalue weighted by atomic mass is 9.33. The van der Waals surface area contributed by atoms with Gasteiger partial charge in [0.05, 0.1) is 34.1 Å². The van der Waals surface area contributed by atoms with Gasteiger partial charge in [0, 0.05) is 32.6 Å². The Morgan fingerprint density at radius 3 is 0.843 bits per heavy atom. The van der Waals surface area contributed by atoms with Crippen LogP contribution in [0.1, 0.15) is 74.9 Å². The maximum Gasteiger partial charge on any atom is 0.270 e. The Morgan fingerprint density at radius 1 is 0.286 bits per heavy atom. The summed E-state index contributed by atoms with van der Waals surface area (Å²) in [4.78, 5) is 7.59. The van der Waals surface area contributed by atoms with Crippen LogP contribution in [0.4, 0.5) is 51.2 Å². The smallest absolute Gasteiger partial charge is 0.270 e. The molecule has 6 aliphatic rings. The van der Waals surface area contributed by atoms with E-state index in [0.29, 0.717) is 0 Å². The highest BCUT2D eigenvalue weighted by Gasteiger charge is 2.54. The average molecular weight is 906 g/mol. The number of benzene rings is 9. The molecule has 336 valence electrons. The molecule has 6 heterocycles. The van der Waals surface area contributed by atoms with Crippen LogP contribution in [0.25, 0.3) is 0 Å². The van der Waals surface area contributed by atoms with Crippen molar-refractivity contribution in [2.45, 2.75) is 57.8 Å². The summed E-state index contributed by atoms with van der Waals surface area (Å²) in [6, 6.07) is 66.3. The minimum absolute atomic E-state index is 0.261. The van der Waals surface area contributed by atoms with Gasteiger partial charge >= 0.3 is 0 Å². The van der Waals surface area contributed by atoms with E-state index in [1.165, 1.54) is 33.4 Å². The van der Waals surface area contributed by atoms with Gasteiger partial charge in [-0.15, -0.1) is 0 Å². The lowest BCUT2D eigenvalue weighted by Gasteiger charge is -2.50. The molecule has 0 spiro atoms. The Hall–Kier alpha value is -8.16. The maximum absolute atomic E-state index is 7.73. The van der Waals surface area contributed by atoms with Gasteiger partial charge < -0.3 is 28.9 Å². The first-order valence-electron chi connectivity index (χ1n) is 24.6. The fourth-order valence-corrected chi connectivity index (χ4v) is 13.3. The molecule has 0 saturated carbocycles. The molecule has 15 rings (SSSR count). The van der Waals surface area contributed by atoms with Crippen LogP contribution in [0.15, 0.2) is 182 Å². The van der Waals surface area contributed by atoms with E-state index in [1.54, 1.807) is 0 Å². The molecule has 0 aromatic heterocycles. The first-order valence-corrected chi connectivity index (χ1v) is 24.6. The van der Waals surface area contributed by atoms with Gasteiger partial charge in [-0.2, -0.15) is 0 Å². The Labute approximate surface area is 409 Å². The Balaban J connectivity index is 1.21. The quantitative estimate of drug-likeness (QED) is 0.164. The zero-order valence-corrected chi connectivity index (χ0v) is 40.0. The van der Waals surface area contributed by atoms with Gasteiger partial charge in [0.15, 0.2) is 11.5 Å². The van der Waals surface area contributed by atoms with Crippen molar-refractivity contribution < 1.29 is 14.2 Å². The summed E-state index contributed by atoms with van der Waals surface area (Å²) in [7, 11) is 0. The molecule has 6 aliphatic heterocycles. The lowest BCUT2D eigenvalue weighted by molar-refractivity contribution is 0.443. The molecule has 0 amide bonds. The second-order valence-corrected chi connectivity index (χ2v) is 21.2. The predicted octanol–water partition coefficient (Wildman–Crippen LogP) is 14.8. The average Bonchev–Trinajstić information content (AvgIpc) is 3.38. The van der Waals surface area contributed by atoms with Crippen LogP contribution in [0, 0.1) is 0 Å². The van der Waals surface area contributed by atoms with Gasteiger partial charge in [0.2, 0.25) is 0 Å². The number of nitrogens with zero attached hydrogens (tertiary/aromatic N) is 3. The van der Waals surface area contributed by atoms with Gasteiger partial charge in [0.1, 0.15) is 40.1 Å². The summed E-state index contributed by atoms with van der Waals surface area (Å²) in [5, 5.41) is 0. The zero-order chi connectivity index (χ0) is 47.0. The number of hydrogen-bond acceptors (Lipinski definition) is 6. The zero-order valence-electron chi connectivity index (χ0n) is 40.0. The molecule has 0 bridgehead atoms. The molecular formula is C63H48BN3O3. The molecule has 0 unspecified atom stereocenters. The number of fused-ring (bicyclic) bond motifs is 6. The largest absolute Gasteiger partial charge is 0.458 e. The van der Waals surface area contributed by atoms with Crippen molar-refractivity contribution in [3.8, 4) is 34.5 Å². The Bertz CT molecular complexity index is 3460. The minimum Gasteiger partial charge on any atom is -0.458 e. The van der Waals surface area contributed by atoms with Gasteiger partial charge in [-0.1, -0.05) is 163 Å². The van der Waals surface area contributed by atoms with Crippen molar-refractivity contribution in [2.24, 2.45) is 0 Å². The molecule has 9 aromatic rings. The van der Waals surface area contributed by atoms with Gasteiger partial charge in [-0.25, -0.2) is 0 Å². The van der Waals surface area contributed by atoms with Gasteiger partial charge in [-0.05, 0) is 94.0 Å². The van der Waals surface area contributed by atoms with Gasteiger partial charge in [0.25, 0.3) is 6.71 Å². The van der Waals surface area contributed by atoms with Gasteiger partial charge in [-0.3, -0.25) is 0 Å². The number of anilines is 9. The highest BCUT2D eigenvalue weighted by Crippen LogP contribution is 2.67. The number of hydrogen-bond donors (Lipinski definition) is 0. The third kappa shape index (κ3) is 4.89. The molecular weight excluding hydrogens is 858 g/mol. The van der Waals surface area contributed by atoms with Crippen molar-refractivity contribution in [3.05, 3.63) is 215 Å². The van der Waals surface area contributed by atoms with E-state index in [1.807, 2.05) is 0 Å². The fourth-order valence-electron chi connectivity index (χ4n) is 13.3. The Kier molecular flexibility index (Phi) is 7.70. The van der Waals surface area contributed by atoms with Crippen LogP contribution in [-0.2, 0) is 16.2 Å². The van der Waals surface area contributed by atoms with Crippen LogP contribution >= 0.6 is 0 Å². The molecule has 7 heteroatoms. The summed E-state index contributed by atoms with van der Waals surface area (Å²) >= 11 is 0. The monoisotopic (exact) mass is 905 g/mol. The van der Waals surface area contributed by atoms with Crippen molar-refractivity contribution in [1.82, 2.24) is 0 Å². The highest BCUT2D eigenvalue weighted by atomic mass is 16.5. The second-order valence-electron chi connectivity index (χ2n) is 21.2. The van der Waals surface area contributed by atoms with Crippen molar-refractivity contribution >= 4 is 74.3 Å². The molecule has 9 aromatic carbocycles. The highest BCUT2D eigenvalue weighted by molar-refractivity contribution is 7.00. The number of rotatable bonds is 3. The summed E-state index contributed by atoms with van der Waals surface area (Å²) in [5.41, 5.74) is 18.8. The SMILES string of the molecule is CC1(C)c2ccccc2N(c2c3c4c(c(N5c6ccccc6C(C)(C)c6ccccc65)c2N2c5ccccc5C(C)(C)c5ccccc52)Oc2cccc5c2B4c2c(cccc2O3)O5)c2ccccc21. The van der Waals surface area contributed by atoms with E-state index in [2.05, 4.69) is 238 Å². The van der Waals surface area contributed by atoms with E-state index in [4.69, 9.17) is 14.2 Å². The standard InChI is InChI=1S/C63H48BN3O3/c1-61(2)37-21-7-13-27-43(37)65(44-28-14-8-22-38(44)61)56-57(66-45-29-15-9-23-39(45)62(3,4)40-24-10-16-30-46(40)66)59-55-60(58(56)67-47-31-17-11-25-41(47)63(5,6)42-26-12-18-32-48(42)67)70-52-36-20-34-50-54(52)64(55)53-49(68-50)33-19-35-51(53)69-59/h7-36H,1-6H3. The van der Waals surface area contributed by atoms with Crippen LogP contribution < -0.4 is 45.3 Å². The third-order valence-electron chi connectivity index (χ3n) is 16.5. The van der Waals surface area contributed by atoms with Crippen molar-refractivity contribution in [3.63, 3.8) is 0 Å². The summed E-state index contributed by atoms with van der Waals surface area (Å²) in [5.74, 6) is 4.66. The first kappa shape index (κ1) is 39.8. The molecule has 0 radical (unpaired) electrons.